The molecule has 0 saturated heterocycles. The molecule has 0 atom stereocenters. The number of Topliss-reactive ketones (excluding diaryl/α,β-unsaturated/α-hetero) is 1. The van der Waals surface area contributed by atoms with Crippen molar-refractivity contribution in [2.75, 3.05) is 4.90 Å². The van der Waals surface area contributed by atoms with Crippen molar-refractivity contribution in [1.29, 1.82) is 0 Å². The Morgan fingerprint density at radius 3 is 2.32 bits per heavy atom. The molecule has 0 N–H and O–H groups in total. The third-order valence-electron chi connectivity index (χ3n) is 3.74. The van der Waals surface area contributed by atoms with Crippen LogP contribution < -0.4 is 4.90 Å². The van der Waals surface area contributed by atoms with Crippen LogP contribution in [-0.4, -0.2) is 11.7 Å². The maximum Gasteiger partial charge on any atom is 0.235 e. The van der Waals surface area contributed by atoms with E-state index in [1.807, 2.05) is 66.0 Å². The number of thiophene rings is 1. The van der Waals surface area contributed by atoms with Gasteiger partial charge in [-0.05, 0) is 51.7 Å². The number of anilines is 1. The van der Waals surface area contributed by atoms with E-state index < -0.39 is 0 Å². The second kappa shape index (κ2) is 8.40. The number of halogens is 1. The van der Waals surface area contributed by atoms with Gasteiger partial charge in [0.2, 0.25) is 5.91 Å². The zero-order valence-electron chi connectivity index (χ0n) is 13.4. The van der Waals surface area contributed by atoms with Gasteiger partial charge in [0.15, 0.2) is 5.78 Å². The molecule has 0 spiro atoms. The molecule has 0 fully saturated rings. The smallest absolute Gasteiger partial charge is 0.235 e. The lowest BCUT2D eigenvalue weighted by atomic mass is 10.1. The summed E-state index contributed by atoms with van der Waals surface area (Å²) in [4.78, 5) is 27.6. The van der Waals surface area contributed by atoms with Crippen LogP contribution in [0.4, 0.5) is 5.69 Å². The standard InChI is InChI=1S/C20H16INO2S/c21-16-9-4-5-10-17(16)22(14-15-7-2-1-3-8-15)20(24)13-18(23)19-11-6-12-25-19/h1-12H,13-14H2. The first-order valence-corrected chi connectivity index (χ1v) is 9.76. The molecule has 1 heterocycles. The zero-order valence-corrected chi connectivity index (χ0v) is 16.4. The van der Waals surface area contributed by atoms with Gasteiger partial charge in [0.25, 0.3) is 0 Å². The number of rotatable bonds is 6. The summed E-state index contributed by atoms with van der Waals surface area (Å²) in [6.07, 6.45) is -0.127. The minimum Gasteiger partial charge on any atom is -0.307 e. The normalized spacial score (nSPS) is 10.4. The van der Waals surface area contributed by atoms with Crippen LogP contribution in [0.25, 0.3) is 0 Å². The highest BCUT2D eigenvalue weighted by atomic mass is 127. The molecule has 0 bridgehead atoms. The van der Waals surface area contributed by atoms with Crippen LogP contribution >= 0.6 is 33.9 Å². The van der Waals surface area contributed by atoms with Gasteiger partial charge in [0.1, 0.15) is 0 Å². The minimum absolute atomic E-state index is 0.127. The topological polar surface area (TPSA) is 37.4 Å². The Bertz CT molecular complexity index is 862. The Morgan fingerprint density at radius 2 is 1.64 bits per heavy atom. The van der Waals surface area contributed by atoms with E-state index in [9.17, 15) is 9.59 Å². The SMILES string of the molecule is O=C(CC(=O)N(Cc1ccccc1)c1ccccc1I)c1cccs1. The molecule has 0 aliphatic carbocycles. The first-order valence-electron chi connectivity index (χ1n) is 7.80. The van der Waals surface area contributed by atoms with Gasteiger partial charge in [-0.3, -0.25) is 9.59 Å². The average Bonchev–Trinajstić information content (AvgIpc) is 3.16. The monoisotopic (exact) mass is 461 g/mol. The molecular formula is C20H16INO2S. The lowest BCUT2D eigenvalue weighted by Gasteiger charge is -2.24. The van der Waals surface area contributed by atoms with Gasteiger partial charge in [0.05, 0.1) is 23.5 Å². The van der Waals surface area contributed by atoms with E-state index in [-0.39, 0.29) is 18.1 Å². The Balaban J connectivity index is 1.86. The maximum atomic E-state index is 12.9. The van der Waals surface area contributed by atoms with Crippen molar-refractivity contribution < 1.29 is 9.59 Å². The predicted octanol–water partition coefficient (Wildman–Crippen LogP) is 5.16. The Hall–Kier alpha value is -1.99. The fourth-order valence-corrected chi connectivity index (χ4v) is 3.84. The molecule has 1 amide bonds. The average molecular weight is 461 g/mol. The van der Waals surface area contributed by atoms with E-state index in [1.165, 1.54) is 11.3 Å². The van der Waals surface area contributed by atoms with Crippen molar-refractivity contribution in [2.24, 2.45) is 0 Å². The third kappa shape index (κ3) is 4.55. The third-order valence-corrected chi connectivity index (χ3v) is 5.56. The number of para-hydroxylation sites is 1. The van der Waals surface area contributed by atoms with Crippen LogP contribution in [0.3, 0.4) is 0 Å². The van der Waals surface area contributed by atoms with E-state index in [2.05, 4.69) is 22.6 Å². The van der Waals surface area contributed by atoms with Gasteiger partial charge in [-0.15, -0.1) is 11.3 Å². The van der Waals surface area contributed by atoms with Crippen LogP contribution in [0.5, 0.6) is 0 Å². The number of hydrogen-bond donors (Lipinski definition) is 0. The molecule has 3 rings (SSSR count). The lowest BCUT2D eigenvalue weighted by molar-refractivity contribution is -0.117. The summed E-state index contributed by atoms with van der Waals surface area (Å²) in [6.45, 7) is 0.442. The molecule has 0 radical (unpaired) electrons. The number of nitrogens with zero attached hydrogens (tertiary/aromatic N) is 1. The van der Waals surface area contributed by atoms with Gasteiger partial charge in [-0.25, -0.2) is 0 Å². The largest absolute Gasteiger partial charge is 0.307 e. The minimum atomic E-state index is -0.189. The van der Waals surface area contributed by atoms with Crippen molar-refractivity contribution in [3.05, 3.63) is 86.1 Å². The van der Waals surface area contributed by atoms with Crippen molar-refractivity contribution in [3.8, 4) is 0 Å². The fourth-order valence-electron chi connectivity index (χ4n) is 2.50. The molecule has 5 heteroatoms. The molecule has 2 aromatic carbocycles. The number of benzene rings is 2. The lowest BCUT2D eigenvalue weighted by Crippen LogP contribution is -2.32. The van der Waals surface area contributed by atoms with Crippen LogP contribution in [0.2, 0.25) is 0 Å². The van der Waals surface area contributed by atoms with E-state index in [4.69, 9.17) is 0 Å². The summed E-state index contributed by atoms with van der Waals surface area (Å²) in [5, 5.41) is 1.85. The van der Waals surface area contributed by atoms with Crippen molar-refractivity contribution in [2.45, 2.75) is 13.0 Å². The summed E-state index contributed by atoms with van der Waals surface area (Å²) in [5.41, 5.74) is 1.86. The Labute approximate surface area is 164 Å². The van der Waals surface area contributed by atoms with Gasteiger partial charge >= 0.3 is 0 Å². The van der Waals surface area contributed by atoms with E-state index >= 15 is 0 Å². The van der Waals surface area contributed by atoms with Crippen LogP contribution in [0.15, 0.2) is 72.1 Å². The second-order valence-corrected chi connectivity index (χ2v) is 7.60. The van der Waals surface area contributed by atoms with Crippen molar-refractivity contribution in [3.63, 3.8) is 0 Å². The molecule has 0 saturated carbocycles. The van der Waals surface area contributed by atoms with Gasteiger partial charge in [-0.1, -0.05) is 48.5 Å². The Kier molecular flexibility index (Phi) is 5.99. The Morgan fingerprint density at radius 1 is 0.920 bits per heavy atom. The first kappa shape index (κ1) is 17.8. The zero-order chi connectivity index (χ0) is 17.6. The summed E-state index contributed by atoms with van der Waals surface area (Å²) < 4.78 is 0.980. The molecular weight excluding hydrogens is 445 g/mol. The molecule has 3 nitrogen and oxygen atoms in total. The van der Waals surface area contributed by atoms with E-state index in [0.29, 0.717) is 11.4 Å². The molecule has 0 unspecified atom stereocenters. The maximum absolute atomic E-state index is 12.9. The fraction of sp³-hybridized carbons (Fsp3) is 0.100. The number of amides is 1. The summed E-state index contributed by atoms with van der Waals surface area (Å²) in [6, 6.07) is 21.1. The van der Waals surface area contributed by atoms with Crippen LogP contribution in [0, 0.1) is 3.57 Å². The second-order valence-electron chi connectivity index (χ2n) is 5.49. The highest BCUT2D eigenvalue weighted by Gasteiger charge is 2.22. The molecule has 0 aliphatic rings. The van der Waals surface area contributed by atoms with Crippen molar-refractivity contribution >= 4 is 51.3 Å². The van der Waals surface area contributed by atoms with Gasteiger partial charge < -0.3 is 4.90 Å². The number of ketones is 1. The summed E-state index contributed by atoms with van der Waals surface area (Å²) in [7, 11) is 0. The number of hydrogen-bond acceptors (Lipinski definition) is 3. The molecule has 1 aromatic heterocycles. The summed E-state index contributed by atoms with van der Waals surface area (Å²) in [5.74, 6) is -0.324. The quantitative estimate of drug-likeness (QED) is 0.289. The predicted molar refractivity (Wildman–Crippen MR) is 110 cm³/mol. The van der Waals surface area contributed by atoms with Gasteiger partial charge in [0, 0.05) is 3.57 Å². The van der Waals surface area contributed by atoms with E-state index in [1.54, 1.807) is 11.0 Å². The highest BCUT2D eigenvalue weighted by Crippen LogP contribution is 2.25. The van der Waals surface area contributed by atoms with Crippen molar-refractivity contribution in [1.82, 2.24) is 0 Å². The molecule has 25 heavy (non-hydrogen) atoms. The van der Waals surface area contributed by atoms with Crippen LogP contribution in [-0.2, 0) is 11.3 Å². The molecule has 3 aromatic rings. The molecule has 0 aliphatic heterocycles. The van der Waals surface area contributed by atoms with Crippen LogP contribution in [0.1, 0.15) is 21.7 Å². The summed E-state index contributed by atoms with van der Waals surface area (Å²) >= 11 is 3.59. The first-order chi connectivity index (χ1) is 12.1. The molecule has 126 valence electrons. The highest BCUT2D eigenvalue weighted by molar-refractivity contribution is 14.1. The number of carbonyl (C=O) groups is 2. The number of carbonyl (C=O) groups excluding carboxylic acids is 2. The van der Waals surface area contributed by atoms with Gasteiger partial charge in [-0.2, -0.15) is 0 Å². The van der Waals surface area contributed by atoms with E-state index in [0.717, 1.165) is 14.8 Å².